The van der Waals surface area contributed by atoms with E-state index in [1.54, 1.807) is 0 Å². The lowest BCUT2D eigenvalue weighted by atomic mass is 10.2. The van der Waals surface area contributed by atoms with Crippen LogP contribution in [0.3, 0.4) is 0 Å². The summed E-state index contributed by atoms with van der Waals surface area (Å²) in [7, 11) is 0. The molecule has 0 spiro atoms. The van der Waals surface area contributed by atoms with E-state index in [2.05, 4.69) is 0 Å². The molecule has 0 aliphatic heterocycles. The Labute approximate surface area is 84.3 Å². The third-order valence-electron chi connectivity index (χ3n) is 1.88. The van der Waals surface area contributed by atoms with Crippen molar-refractivity contribution in [3.05, 3.63) is 0 Å². The number of rotatable bonds is 7. The van der Waals surface area contributed by atoms with Gasteiger partial charge in [0.15, 0.2) is 11.9 Å². The molecule has 14 heavy (non-hydrogen) atoms. The molecule has 0 aliphatic rings. The average molecular weight is 202 g/mol. The lowest BCUT2D eigenvalue weighted by molar-refractivity contribution is -0.156. The first-order chi connectivity index (χ1) is 6.61. The van der Waals surface area contributed by atoms with E-state index in [4.69, 9.17) is 9.84 Å². The molecular weight excluding hydrogens is 184 g/mol. The quantitative estimate of drug-likeness (QED) is 0.495. The van der Waals surface area contributed by atoms with Crippen LogP contribution in [0.4, 0.5) is 0 Å². The number of hydrogen-bond donors (Lipinski definition) is 1. The third-order valence-corrected chi connectivity index (χ3v) is 1.88. The summed E-state index contributed by atoms with van der Waals surface area (Å²) >= 11 is 0. The molecule has 0 bridgehead atoms. The molecule has 0 aromatic heterocycles. The molecule has 0 aromatic carbocycles. The molecule has 1 atom stereocenters. The van der Waals surface area contributed by atoms with Gasteiger partial charge in [0.05, 0.1) is 6.61 Å². The van der Waals surface area contributed by atoms with Crippen LogP contribution in [0.15, 0.2) is 0 Å². The van der Waals surface area contributed by atoms with Crippen LogP contribution in [-0.2, 0) is 14.3 Å². The second-order valence-corrected chi connectivity index (χ2v) is 3.23. The van der Waals surface area contributed by atoms with Gasteiger partial charge < -0.3 is 9.84 Å². The van der Waals surface area contributed by atoms with E-state index in [1.165, 1.54) is 6.92 Å². The number of esters is 1. The molecule has 4 nitrogen and oxygen atoms in total. The number of hydrogen-bond acceptors (Lipinski definition) is 4. The highest BCUT2D eigenvalue weighted by molar-refractivity contribution is 5.83. The van der Waals surface area contributed by atoms with E-state index in [0.29, 0.717) is 6.42 Å². The Kier molecular flexibility index (Phi) is 7.02. The summed E-state index contributed by atoms with van der Waals surface area (Å²) in [6.45, 7) is 2.90. The van der Waals surface area contributed by atoms with Gasteiger partial charge in [-0.25, -0.2) is 0 Å². The van der Waals surface area contributed by atoms with Gasteiger partial charge >= 0.3 is 5.97 Å². The Morgan fingerprint density at radius 3 is 2.43 bits per heavy atom. The van der Waals surface area contributed by atoms with Gasteiger partial charge in [0.2, 0.25) is 0 Å². The molecule has 82 valence electrons. The summed E-state index contributed by atoms with van der Waals surface area (Å²) < 4.78 is 4.77. The van der Waals surface area contributed by atoms with Crippen molar-refractivity contribution in [1.29, 1.82) is 0 Å². The van der Waals surface area contributed by atoms with Crippen molar-refractivity contribution in [2.24, 2.45) is 0 Å². The second kappa shape index (κ2) is 7.50. The normalized spacial score (nSPS) is 12.2. The Bertz CT molecular complexity index is 189. The lowest BCUT2D eigenvalue weighted by Crippen LogP contribution is -2.28. The van der Waals surface area contributed by atoms with E-state index < -0.39 is 18.7 Å². The Morgan fingerprint density at radius 1 is 1.36 bits per heavy atom. The Morgan fingerprint density at radius 2 is 2.00 bits per heavy atom. The van der Waals surface area contributed by atoms with E-state index in [-0.39, 0.29) is 5.78 Å². The van der Waals surface area contributed by atoms with Crippen LogP contribution in [0.2, 0.25) is 0 Å². The zero-order valence-corrected chi connectivity index (χ0v) is 8.78. The molecule has 1 N–H and O–H groups in total. The van der Waals surface area contributed by atoms with Crippen LogP contribution < -0.4 is 0 Å². The van der Waals surface area contributed by atoms with Crippen LogP contribution in [0.5, 0.6) is 0 Å². The van der Waals surface area contributed by atoms with Crippen molar-refractivity contribution >= 4 is 11.8 Å². The fraction of sp³-hybridized carbons (Fsp3) is 0.800. The van der Waals surface area contributed by atoms with Crippen LogP contribution >= 0.6 is 0 Å². The molecule has 0 saturated heterocycles. The first kappa shape index (κ1) is 13.1. The number of Topliss-reactive ketones (excluding diaryl/α,β-unsaturated/α-hetero) is 1. The molecule has 1 unspecified atom stereocenters. The minimum atomic E-state index is -0.982. The van der Waals surface area contributed by atoms with Crippen molar-refractivity contribution in [2.45, 2.75) is 45.6 Å². The predicted octanol–water partition coefficient (Wildman–Crippen LogP) is 1.06. The fourth-order valence-corrected chi connectivity index (χ4v) is 0.986. The number of carbonyl (C=O) groups excluding carboxylic acids is 2. The van der Waals surface area contributed by atoms with Gasteiger partial charge in [0.25, 0.3) is 0 Å². The van der Waals surface area contributed by atoms with E-state index in [9.17, 15) is 9.59 Å². The van der Waals surface area contributed by atoms with Gasteiger partial charge in [-0.2, -0.15) is 0 Å². The minimum absolute atomic E-state index is 0.317. The summed E-state index contributed by atoms with van der Waals surface area (Å²) in [6, 6.07) is 0. The largest absolute Gasteiger partial charge is 0.452 e. The van der Waals surface area contributed by atoms with Gasteiger partial charge in [-0.3, -0.25) is 9.59 Å². The maximum Gasteiger partial charge on any atom is 0.306 e. The number of ketones is 1. The molecule has 4 heteroatoms. The highest BCUT2D eigenvalue weighted by atomic mass is 16.6. The Balaban J connectivity index is 3.74. The average Bonchev–Trinajstić information content (AvgIpc) is 2.14. The summed E-state index contributed by atoms with van der Waals surface area (Å²) in [6.07, 6.45) is 2.11. The van der Waals surface area contributed by atoms with Gasteiger partial charge in [0, 0.05) is 6.42 Å². The molecule has 0 fully saturated rings. The van der Waals surface area contributed by atoms with Crippen LogP contribution in [0.25, 0.3) is 0 Å². The number of aliphatic hydroxyl groups is 1. The zero-order valence-electron chi connectivity index (χ0n) is 8.78. The summed E-state index contributed by atoms with van der Waals surface area (Å²) in [5.41, 5.74) is 0. The van der Waals surface area contributed by atoms with E-state index >= 15 is 0 Å². The van der Waals surface area contributed by atoms with Gasteiger partial charge in [-0.15, -0.1) is 0 Å². The number of carbonyl (C=O) groups is 2. The van der Waals surface area contributed by atoms with Crippen molar-refractivity contribution < 1.29 is 19.4 Å². The fourth-order valence-electron chi connectivity index (χ4n) is 0.986. The molecule has 0 saturated carbocycles. The molecule has 0 aromatic rings. The highest BCUT2D eigenvalue weighted by Gasteiger charge is 2.17. The van der Waals surface area contributed by atoms with Crippen molar-refractivity contribution in [1.82, 2.24) is 0 Å². The SMILES string of the molecule is CCCCCC(=O)OC(CO)C(C)=O. The molecule has 0 radical (unpaired) electrons. The number of ether oxygens (including phenoxy) is 1. The van der Waals surface area contributed by atoms with E-state index in [0.717, 1.165) is 19.3 Å². The second-order valence-electron chi connectivity index (χ2n) is 3.23. The molecular formula is C10H18O4. The number of aliphatic hydroxyl groups excluding tert-OH is 1. The molecule has 0 amide bonds. The zero-order chi connectivity index (χ0) is 11.0. The van der Waals surface area contributed by atoms with Crippen molar-refractivity contribution in [3.8, 4) is 0 Å². The minimum Gasteiger partial charge on any atom is -0.452 e. The maximum absolute atomic E-state index is 11.1. The van der Waals surface area contributed by atoms with E-state index in [1.807, 2.05) is 6.92 Å². The smallest absolute Gasteiger partial charge is 0.306 e. The summed E-state index contributed by atoms with van der Waals surface area (Å²) in [5, 5.41) is 8.72. The Hall–Kier alpha value is -0.900. The third kappa shape index (κ3) is 5.70. The van der Waals surface area contributed by atoms with Gasteiger partial charge in [-0.1, -0.05) is 19.8 Å². The van der Waals surface area contributed by atoms with Gasteiger partial charge in [0.1, 0.15) is 0 Å². The predicted molar refractivity (Wildman–Crippen MR) is 51.8 cm³/mol. The van der Waals surface area contributed by atoms with Crippen LogP contribution in [0.1, 0.15) is 39.5 Å². The lowest BCUT2D eigenvalue weighted by Gasteiger charge is -2.11. The monoisotopic (exact) mass is 202 g/mol. The summed E-state index contributed by atoms with van der Waals surface area (Å²) in [5.74, 6) is -0.732. The first-order valence-electron chi connectivity index (χ1n) is 4.92. The molecule has 0 aliphatic carbocycles. The van der Waals surface area contributed by atoms with Crippen LogP contribution in [-0.4, -0.2) is 29.6 Å². The maximum atomic E-state index is 11.1. The first-order valence-corrected chi connectivity index (χ1v) is 4.92. The molecule has 0 heterocycles. The van der Waals surface area contributed by atoms with Gasteiger partial charge in [-0.05, 0) is 13.3 Å². The standard InChI is InChI=1S/C10H18O4/c1-3-4-5-6-10(13)14-9(7-11)8(2)12/h9,11H,3-7H2,1-2H3. The van der Waals surface area contributed by atoms with Crippen LogP contribution in [0, 0.1) is 0 Å². The molecule has 0 rings (SSSR count). The highest BCUT2D eigenvalue weighted by Crippen LogP contribution is 2.03. The number of unbranched alkanes of at least 4 members (excludes halogenated alkanes) is 2. The topological polar surface area (TPSA) is 63.6 Å². The van der Waals surface area contributed by atoms with Crippen molar-refractivity contribution in [3.63, 3.8) is 0 Å². The van der Waals surface area contributed by atoms with Crippen molar-refractivity contribution in [2.75, 3.05) is 6.61 Å². The summed E-state index contributed by atoms with van der Waals surface area (Å²) in [4.78, 5) is 21.9.